The van der Waals surface area contributed by atoms with E-state index in [9.17, 15) is 14.8 Å². The molecule has 0 saturated carbocycles. The van der Waals surface area contributed by atoms with Crippen molar-refractivity contribution in [2.24, 2.45) is 0 Å². The molecule has 21 heavy (non-hydrogen) atoms. The Labute approximate surface area is 124 Å². The molecular weight excluding hydrogens is 276 g/mol. The quantitative estimate of drug-likeness (QED) is 0.449. The number of nitrogens with zero attached hydrogens (tertiary/aromatic N) is 2. The lowest BCUT2D eigenvalue weighted by Crippen LogP contribution is -2.69. The van der Waals surface area contributed by atoms with E-state index in [1.54, 1.807) is 26.0 Å². The highest BCUT2D eigenvalue weighted by Crippen LogP contribution is 2.36. The average molecular weight is 298 g/mol. The van der Waals surface area contributed by atoms with Gasteiger partial charge in [-0.2, -0.15) is 9.76 Å². The molecule has 0 aromatic rings. The molecule has 0 N–H and O–H groups in total. The van der Waals surface area contributed by atoms with E-state index in [0.717, 1.165) is 0 Å². The molecule has 0 saturated heterocycles. The first kappa shape index (κ1) is 17.2. The van der Waals surface area contributed by atoms with Crippen molar-refractivity contribution in [3.8, 4) is 0 Å². The summed E-state index contributed by atoms with van der Waals surface area (Å²) < 4.78 is 9.26. The molecule has 1 atom stereocenters. The third-order valence-corrected chi connectivity index (χ3v) is 3.06. The van der Waals surface area contributed by atoms with E-state index >= 15 is 0 Å². The van der Waals surface area contributed by atoms with Crippen LogP contribution < -0.4 is 0 Å². The summed E-state index contributed by atoms with van der Waals surface area (Å²) in [6, 6.07) is 0. The smallest absolute Gasteiger partial charge is 0.307 e. The molecule has 118 valence electrons. The van der Waals surface area contributed by atoms with Gasteiger partial charge in [-0.25, -0.2) is 0 Å². The third-order valence-electron chi connectivity index (χ3n) is 3.06. The van der Waals surface area contributed by atoms with Crippen LogP contribution >= 0.6 is 0 Å². The number of carbonyl (C=O) groups excluding carboxylic acids is 2. The number of quaternary nitrogens is 1. The van der Waals surface area contributed by atoms with Crippen molar-refractivity contribution in [3.63, 3.8) is 0 Å². The zero-order valence-electron chi connectivity index (χ0n) is 13.2. The average Bonchev–Trinajstić information content (AvgIpc) is 2.25. The van der Waals surface area contributed by atoms with Crippen LogP contribution in [0.25, 0.3) is 0 Å². The Morgan fingerprint density at radius 1 is 1.05 bits per heavy atom. The van der Waals surface area contributed by atoms with Crippen LogP contribution in [0, 0.1) is 5.21 Å². The van der Waals surface area contributed by atoms with Gasteiger partial charge in [0.15, 0.2) is 0 Å². The fourth-order valence-electron chi connectivity index (χ4n) is 2.26. The predicted molar refractivity (Wildman–Crippen MR) is 75.4 cm³/mol. The van der Waals surface area contributed by atoms with Crippen LogP contribution in [0.2, 0.25) is 0 Å². The first-order chi connectivity index (χ1) is 9.42. The Kier molecular flexibility index (Phi) is 4.50. The van der Waals surface area contributed by atoms with Crippen LogP contribution in [0.4, 0.5) is 0 Å². The number of allylic oxidation sites excluding steroid dienone is 2. The van der Waals surface area contributed by atoms with E-state index in [-0.39, 0.29) is 0 Å². The summed E-state index contributed by atoms with van der Waals surface area (Å²) in [5, 5.41) is 14.6. The van der Waals surface area contributed by atoms with Gasteiger partial charge < -0.3 is 14.7 Å². The number of esters is 2. The van der Waals surface area contributed by atoms with Crippen molar-refractivity contribution in [1.82, 2.24) is 5.01 Å². The number of rotatable bonds is 4. The lowest BCUT2D eigenvalue weighted by Gasteiger charge is -2.57. The highest BCUT2D eigenvalue weighted by Gasteiger charge is 2.50. The monoisotopic (exact) mass is 298 g/mol. The molecule has 0 bridgehead atoms. The highest BCUT2D eigenvalue weighted by atomic mass is 16.7. The van der Waals surface area contributed by atoms with Crippen LogP contribution in [-0.4, -0.2) is 33.2 Å². The Balaban J connectivity index is 3.24. The Morgan fingerprint density at radius 2 is 1.57 bits per heavy atom. The number of carbonyl (C=O) groups is 2. The Morgan fingerprint density at radius 3 is 2.05 bits per heavy atom. The van der Waals surface area contributed by atoms with Gasteiger partial charge in [-0.3, -0.25) is 9.59 Å². The largest absolute Gasteiger partial charge is 0.598 e. The van der Waals surface area contributed by atoms with E-state index in [2.05, 4.69) is 0 Å². The SMILES string of the molecule is CC(=O)OC(C)(C)N1C=CC=C[N+]1([O-])C(C)(C)OC(C)=O. The van der Waals surface area contributed by atoms with E-state index in [4.69, 9.17) is 9.47 Å². The standard InChI is InChI=1S/C14H22N2O5/c1-11(17)20-13(3,4)15-9-7-8-10-16(15,19)14(5,6)21-12(2)18/h7-10H,1-6H3. The van der Waals surface area contributed by atoms with Gasteiger partial charge in [0.1, 0.15) is 6.20 Å². The molecule has 1 aliphatic rings. The van der Waals surface area contributed by atoms with Crippen molar-refractivity contribution in [2.45, 2.75) is 53.0 Å². The van der Waals surface area contributed by atoms with Gasteiger partial charge in [0, 0.05) is 27.7 Å². The van der Waals surface area contributed by atoms with Gasteiger partial charge in [-0.15, -0.1) is 0 Å². The lowest BCUT2D eigenvalue weighted by molar-refractivity contribution is -1.02. The maximum Gasteiger partial charge on any atom is 0.307 e. The summed E-state index contributed by atoms with van der Waals surface area (Å²) in [4.78, 5) is 22.5. The van der Waals surface area contributed by atoms with Crippen LogP contribution in [0.1, 0.15) is 41.5 Å². The predicted octanol–water partition coefficient (Wildman–Crippen LogP) is 2.16. The van der Waals surface area contributed by atoms with Crippen LogP contribution in [0.15, 0.2) is 24.6 Å². The van der Waals surface area contributed by atoms with Gasteiger partial charge >= 0.3 is 11.9 Å². The third kappa shape index (κ3) is 3.43. The summed E-state index contributed by atoms with van der Waals surface area (Å²) in [5.74, 6) is -1.08. The van der Waals surface area contributed by atoms with Crippen molar-refractivity contribution < 1.29 is 23.8 Å². The van der Waals surface area contributed by atoms with Crippen molar-refractivity contribution in [2.75, 3.05) is 0 Å². The maximum atomic E-state index is 13.3. The van der Waals surface area contributed by atoms with Crippen LogP contribution in [0.3, 0.4) is 0 Å². The minimum Gasteiger partial charge on any atom is -0.598 e. The normalized spacial score (nSPS) is 22.1. The van der Waals surface area contributed by atoms with Crippen molar-refractivity contribution >= 4 is 11.9 Å². The first-order valence-electron chi connectivity index (χ1n) is 6.57. The molecule has 0 aliphatic carbocycles. The molecule has 0 amide bonds. The van der Waals surface area contributed by atoms with Crippen molar-refractivity contribution in [1.29, 1.82) is 0 Å². The molecule has 1 rings (SSSR count). The molecule has 0 spiro atoms. The molecule has 1 unspecified atom stereocenters. The summed E-state index contributed by atoms with van der Waals surface area (Å²) in [5.41, 5.74) is -2.64. The first-order valence-corrected chi connectivity index (χ1v) is 6.57. The summed E-state index contributed by atoms with van der Waals surface area (Å²) >= 11 is 0. The van der Waals surface area contributed by atoms with Gasteiger partial charge in [-0.05, 0) is 26.0 Å². The Bertz CT molecular complexity index is 496. The summed E-state index contributed by atoms with van der Waals surface area (Å²) in [7, 11) is 0. The van der Waals surface area contributed by atoms with E-state index < -0.39 is 28.1 Å². The minimum absolute atomic E-state index is 0.514. The number of hydrogen-bond donors (Lipinski definition) is 0. The molecule has 0 aromatic heterocycles. The zero-order valence-corrected chi connectivity index (χ0v) is 13.2. The van der Waals surface area contributed by atoms with E-state index in [0.29, 0.717) is 0 Å². The zero-order chi connectivity index (χ0) is 16.5. The fourth-order valence-corrected chi connectivity index (χ4v) is 2.26. The number of hydrogen-bond acceptors (Lipinski definition) is 6. The van der Waals surface area contributed by atoms with Gasteiger partial charge in [0.05, 0.1) is 6.20 Å². The topological polar surface area (TPSA) is 78.9 Å². The second kappa shape index (κ2) is 5.50. The van der Waals surface area contributed by atoms with Crippen LogP contribution in [-0.2, 0) is 19.1 Å². The van der Waals surface area contributed by atoms with E-state index in [1.165, 1.54) is 45.1 Å². The van der Waals surface area contributed by atoms with Gasteiger partial charge in [-0.1, -0.05) is 0 Å². The van der Waals surface area contributed by atoms with Crippen molar-refractivity contribution in [3.05, 3.63) is 29.8 Å². The number of hydroxylamine groups is 2. The Hall–Kier alpha value is -1.86. The summed E-state index contributed by atoms with van der Waals surface area (Å²) in [6.07, 6.45) is 6.03. The molecule has 0 fully saturated rings. The fraction of sp³-hybridized carbons (Fsp3) is 0.571. The van der Waals surface area contributed by atoms with Crippen LogP contribution in [0.5, 0.6) is 0 Å². The second-order valence-electron chi connectivity index (χ2n) is 5.73. The van der Waals surface area contributed by atoms with Gasteiger partial charge in [0.25, 0.3) is 5.72 Å². The molecule has 7 nitrogen and oxygen atoms in total. The molecule has 0 radical (unpaired) electrons. The minimum atomic E-state index is -1.43. The molecule has 1 heterocycles. The number of ether oxygens (including phenoxy) is 2. The lowest BCUT2D eigenvalue weighted by atomic mass is 10.2. The molecular formula is C14H22N2O5. The molecule has 0 aromatic carbocycles. The molecule has 7 heteroatoms. The summed E-state index contributed by atoms with van der Waals surface area (Å²) in [6.45, 7) is 8.68. The second-order valence-corrected chi connectivity index (χ2v) is 5.73. The molecule has 1 aliphatic heterocycles. The van der Waals surface area contributed by atoms with Gasteiger partial charge in [0.2, 0.25) is 5.72 Å². The van der Waals surface area contributed by atoms with E-state index in [1.807, 2.05) is 0 Å². The maximum absolute atomic E-state index is 13.3. The highest BCUT2D eigenvalue weighted by molar-refractivity contribution is 5.66.